The summed E-state index contributed by atoms with van der Waals surface area (Å²) in [6.07, 6.45) is 1.72. The van der Waals surface area contributed by atoms with Crippen molar-refractivity contribution < 1.29 is 14.7 Å². The second kappa shape index (κ2) is 6.17. The summed E-state index contributed by atoms with van der Waals surface area (Å²) in [7, 11) is 0. The Bertz CT molecular complexity index is 466. The van der Waals surface area contributed by atoms with Gasteiger partial charge in [-0.05, 0) is 32.9 Å². The van der Waals surface area contributed by atoms with Crippen LogP contribution in [0.15, 0.2) is 18.3 Å². The summed E-state index contributed by atoms with van der Waals surface area (Å²) in [5.74, 6) is -0.617. The molecule has 0 aliphatic heterocycles. The molecule has 0 fully saturated rings. The van der Waals surface area contributed by atoms with Crippen LogP contribution < -0.4 is 10.6 Å². The highest BCUT2D eigenvalue weighted by Gasteiger charge is 2.13. The number of anilines is 1. The number of aromatic nitrogens is 1. The quantitative estimate of drug-likeness (QED) is 0.750. The van der Waals surface area contributed by atoms with E-state index in [0.717, 1.165) is 0 Å². The predicted octanol–water partition coefficient (Wildman–Crippen LogP) is 1.50. The molecule has 6 nitrogen and oxygen atoms in total. The molecule has 0 radical (unpaired) electrons. The van der Waals surface area contributed by atoms with Crippen LogP contribution in [-0.2, 0) is 4.79 Å². The highest BCUT2D eigenvalue weighted by molar-refractivity contribution is 5.88. The Morgan fingerprint density at radius 2 is 2.05 bits per heavy atom. The lowest BCUT2D eigenvalue weighted by molar-refractivity contribution is -0.122. The number of hydrogen-bond donors (Lipinski definition) is 3. The maximum Gasteiger partial charge on any atom is 0.335 e. The van der Waals surface area contributed by atoms with E-state index in [0.29, 0.717) is 18.8 Å². The van der Waals surface area contributed by atoms with Crippen molar-refractivity contribution in [2.75, 3.05) is 11.9 Å². The molecule has 0 saturated carbocycles. The minimum Gasteiger partial charge on any atom is -0.478 e. The molecule has 1 rings (SSSR count). The second-order valence-electron chi connectivity index (χ2n) is 5.21. The highest BCUT2D eigenvalue weighted by Crippen LogP contribution is 2.07. The number of nitrogens with zero attached hydrogens (tertiary/aromatic N) is 1. The van der Waals surface area contributed by atoms with Crippen molar-refractivity contribution in [3.05, 3.63) is 23.9 Å². The Hall–Kier alpha value is -2.11. The van der Waals surface area contributed by atoms with Crippen molar-refractivity contribution in [1.29, 1.82) is 0 Å². The van der Waals surface area contributed by atoms with Crippen LogP contribution in [0.4, 0.5) is 5.82 Å². The number of aromatic carboxylic acids is 1. The maximum absolute atomic E-state index is 11.6. The van der Waals surface area contributed by atoms with Gasteiger partial charge in [0.25, 0.3) is 0 Å². The predicted molar refractivity (Wildman–Crippen MR) is 72.2 cm³/mol. The Kier molecular flexibility index (Phi) is 4.86. The van der Waals surface area contributed by atoms with Crippen molar-refractivity contribution in [1.82, 2.24) is 10.3 Å². The van der Waals surface area contributed by atoms with E-state index < -0.39 is 5.97 Å². The first-order valence-electron chi connectivity index (χ1n) is 6.02. The van der Waals surface area contributed by atoms with Gasteiger partial charge in [-0.2, -0.15) is 0 Å². The Morgan fingerprint density at radius 3 is 2.63 bits per heavy atom. The number of rotatable bonds is 5. The summed E-state index contributed by atoms with van der Waals surface area (Å²) in [5, 5.41) is 14.6. The average Bonchev–Trinajstić information content (AvgIpc) is 2.27. The molecule has 0 aliphatic rings. The number of hydrogen-bond acceptors (Lipinski definition) is 4. The summed E-state index contributed by atoms with van der Waals surface area (Å²) in [6, 6.07) is 2.85. The van der Waals surface area contributed by atoms with Gasteiger partial charge in [-0.25, -0.2) is 9.78 Å². The van der Waals surface area contributed by atoms with Crippen molar-refractivity contribution in [2.45, 2.75) is 32.7 Å². The van der Waals surface area contributed by atoms with E-state index in [4.69, 9.17) is 5.11 Å². The number of amides is 1. The summed E-state index contributed by atoms with van der Waals surface area (Å²) < 4.78 is 0. The third-order valence-electron chi connectivity index (χ3n) is 2.18. The van der Waals surface area contributed by atoms with Gasteiger partial charge in [0.1, 0.15) is 5.82 Å². The molecule has 1 heterocycles. The Labute approximate surface area is 112 Å². The standard InChI is InChI=1S/C13H19N3O3/c1-13(2,3)16-11(17)5-7-15-10-8-9(12(18)19)4-6-14-10/h4,6,8H,5,7H2,1-3H3,(H,14,15)(H,16,17)(H,18,19). The fourth-order valence-electron chi connectivity index (χ4n) is 1.45. The van der Waals surface area contributed by atoms with Crippen LogP contribution in [0.2, 0.25) is 0 Å². The number of carbonyl (C=O) groups excluding carboxylic acids is 1. The summed E-state index contributed by atoms with van der Waals surface area (Å²) in [4.78, 5) is 26.3. The van der Waals surface area contributed by atoms with Crippen molar-refractivity contribution >= 4 is 17.7 Å². The molecule has 0 spiro atoms. The molecule has 0 saturated heterocycles. The van der Waals surface area contributed by atoms with Crippen LogP contribution in [0, 0.1) is 0 Å². The van der Waals surface area contributed by atoms with Crippen molar-refractivity contribution in [3.63, 3.8) is 0 Å². The zero-order valence-electron chi connectivity index (χ0n) is 11.4. The molecule has 3 N–H and O–H groups in total. The number of nitrogens with one attached hydrogen (secondary N) is 2. The van der Waals surface area contributed by atoms with E-state index in [-0.39, 0.29) is 17.0 Å². The Morgan fingerprint density at radius 1 is 1.37 bits per heavy atom. The molecule has 0 aliphatic carbocycles. The first-order chi connectivity index (χ1) is 8.78. The highest BCUT2D eigenvalue weighted by atomic mass is 16.4. The molecular formula is C13H19N3O3. The normalized spacial score (nSPS) is 10.9. The van der Waals surface area contributed by atoms with Gasteiger partial charge in [-0.15, -0.1) is 0 Å². The van der Waals surface area contributed by atoms with Crippen LogP contribution in [0.5, 0.6) is 0 Å². The van der Waals surface area contributed by atoms with Crippen LogP contribution in [0.3, 0.4) is 0 Å². The minimum atomic E-state index is -1.00. The lowest BCUT2D eigenvalue weighted by Gasteiger charge is -2.20. The lowest BCUT2D eigenvalue weighted by atomic mass is 10.1. The van der Waals surface area contributed by atoms with E-state index in [1.165, 1.54) is 18.3 Å². The van der Waals surface area contributed by atoms with Gasteiger partial charge in [0.15, 0.2) is 0 Å². The third kappa shape index (κ3) is 5.85. The van der Waals surface area contributed by atoms with Crippen LogP contribution in [0.1, 0.15) is 37.6 Å². The summed E-state index contributed by atoms with van der Waals surface area (Å²) in [6.45, 7) is 6.14. The van der Waals surface area contributed by atoms with E-state index in [1.807, 2.05) is 20.8 Å². The molecule has 0 unspecified atom stereocenters. The van der Waals surface area contributed by atoms with E-state index in [9.17, 15) is 9.59 Å². The molecule has 0 bridgehead atoms. The molecular weight excluding hydrogens is 246 g/mol. The van der Waals surface area contributed by atoms with Gasteiger partial charge in [0.2, 0.25) is 5.91 Å². The van der Waals surface area contributed by atoms with Crippen LogP contribution in [-0.4, -0.2) is 34.1 Å². The van der Waals surface area contributed by atoms with Crippen molar-refractivity contribution in [2.24, 2.45) is 0 Å². The molecule has 1 aromatic rings. The summed E-state index contributed by atoms with van der Waals surface area (Å²) >= 11 is 0. The number of carboxylic acid groups (broad SMARTS) is 1. The minimum absolute atomic E-state index is 0.0608. The first kappa shape index (κ1) is 14.9. The third-order valence-corrected chi connectivity index (χ3v) is 2.18. The van der Waals surface area contributed by atoms with Gasteiger partial charge < -0.3 is 15.7 Å². The van der Waals surface area contributed by atoms with Gasteiger partial charge >= 0.3 is 5.97 Å². The van der Waals surface area contributed by atoms with Gasteiger partial charge in [-0.3, -0.25) is 4.79 Å². The van der Waals surface area contributed by atoms with E-state index in [1.54, 1.807) is 0 Å². The first-order valence-corrected chi connectivity index (χ1v) is 6.02. The topological polar surface area (TPSA) is 91.3 Å². The molecule has 104 valence electrons. The number of pyridine rings is 1. The zero-order chi connectivity index (χ0) is 14.5. The molecule has 6 heteroatoms. The lowest BCUT2D eigenvalue weighted by Crippen LogP contribution is -2.41. The largest absolute Gasteiger partial charge is 0.478 e. The van der Waals surface area contributed by atoms with E-state index >= 15 is 0 Å². The molecule has 19 heavy (non-hydrogen) atoms. The molecule has 0 atom stereocenters. The fourth-order valence-corrected chi connectivity index (χ4v) is 1.45. The average molecular weight is 265 g/mol. The molecule has 1 aromatic heterocycles. The molecule has 1 amide bonds. The summed E-state index contributed by atoms with van der Waals surface area (Å²) in [5.41, 5.74) is -0.0879. The van der Waals surface area contributed by atoms with Gasteiger partial charge in [0.05, 0.1) is 5.56 Å². The number of carbonyl (C=O) groups is 2. The fraction of sp³-hybridized carbons (Fsp3) is 0.462. The van der Waals surface area contributed by atoms with Gasteiger partial charge in [-0.1, -0.05) is 0 Å². The smallest absolute Gasteiger partial charge is 0.335 e. The van der Waals surface area contributed by atoms with E-state index in [2.05, 4.69) is 15.6 Å². The van der Waals surface area contributed by atoms with Crippen LogP contribution >= 0.6 is 0 Å². The Balaban J connectivity index is 2.43. The maximum atomic E-state index is 11.6. The monoisotopic (exact) mass is 265 g/mol. The van der Waals surface area contributed by atoms with Crippen LogP contribution in [0.25, 0.3) is 0 Å². The zero-order valence-corrected chi connectivity index (χ0v) is 11.4. The number of carboxylic acids is 1. The van der Waals surface area contributed by atoms with Crippen molar-refractivity contribution in [3.8, 4) is 0 Å². The SMILES string of the molecule is CC(C)(C)NC(=O)CCNc1cc(C(=O)O)ccn1. The van der Waals surface area contributed by atoms with Gasteiger partial charge in [0, 0.05) is 24.7 Å². The second-order valence-corrected chi connectivity index (χ2v) is 5.21. The molecule has 0 aromatic carbocycles.